The van der Waals surface area contributed by atoms with Crippen LogP contribution in [-0.4, -0.2) is 40.7 Å². The van der Waals surface area contributed by atoms with E-state index >= 15 is 0 Å². The van der Waals surface area contributed by atoms with Gasteiger partial charge in [0.15, 0.2) is 0 Å². The molecule has 19 heavy (non-hydrogen) atoms. The summed E-state index contributed by atoms with van der Waals surface area (Å²) in [7, 11) is 0. The van der Waals surface area contributed by atoms with Gasteiger partial charge < -0.3 is 14.2 Å². The van der Waals surface area contributed by atoms with Crippen LogP contribution < -0.4 is 4.87 Å². The van der Waals surface area contributed by atoms with Crippen molar-refractivity contribution in [3.8, 4) is 0 Å². The SMILES string of the molecule is Cc1csc(=O)n1CCC(=O)N1CC(C)OCC1C. The number of hydrogen-bond donors (Lipinski definition) is 0. The molecular weight excluding hydrogens is 264 g/mol. The monoisotopic (exact) mass is 284 g/mol. The van der Waals surface area contributed by atoms with E-state index in [1.807, 2.05) is 31.1 Å². The van der Waals surface area contributed by atoms with Crippen molar-refractivity contribution in [2.45, 2.75) is 45.9 Å². The molecule has 106 valence electrons. The number of aryl methyl sites for hydroxylation is 1. The number of aromatic nitrogens is 1. The number of hydrogen-bond acceptors (Lipinski definition) is 4. The second-order valence-electron chi connectivity index (χ2n) is 5.08. The number of morpholine rings is 1. The van der Waals surface area contributed by atoms with E-state index in [1.54, 1.807) is 4.57 Å². The van der Waals surface area contributed by atoms with E-state index in [4.69, 9.17) is 4.74 Å². The Balaban J connectivity index is 1.96. The third-order valence-electron chi connectivity index (χ3n) is 3.45. The second kappa shape index (κ2) is 5.88. The fourth-order valence-electron chi connectivity index (χ4n) is 2.28. The minimum absolute atomic E-state index is 0.00805. The van der Waals surface area contributed by atoms with Crippen LogP contribution in [0.2, 0.25) is 0 Å². The minimum Gasteiger partial charge on any atom is -0.375 e. The highest BCUT2D eigenvalue weighted by Gasteiger charge is 2.27. The molecule has 1 aromatic heterocycles. The Bertz CT molecular complexity index is 508. The lowest BCUT2D eigenvalue weighted by Crippen LogP contribution is -2.50. The third kappa shape index (κ3) is 3.25. The molecule has 0 aliphatic carbocycles. The Morgan fingerprint density at radius 2 is 2.26 bits per heavy atom. The van der Waals surface area contributed by atoms with Crippen LogP contribution in [-0.2, 0) is 16.1 Å². The Hall–Kier alpha value is -1.14. The van der Waals surface area contributed by atoms with Gasteiger partial charge in [0.1, 0.15) is 0 Å². The van der Waals surface area contributed by atoms with Gasteiger partial charge >= 0.3 is 4.87 Å². The lowest BCUT2D eigenvalue weighted by molar-refractivity contribution is -0.143. The average Bonchev–Trinajstić information content (AvgIpc) is 2.69. The second-order valence-corrected chi connectivity index (χ2v) is 5.90. The number of rotatable bonds is 3. The lowest BCUT2D eigenvalue weighted by Gasteiger charge is -2.36. The van der Waals surface area contributed by atoms with Crippen molar-refractivity contribution in [2.75, 3.05) is 13.2 Å². The van der Waals surface area contributed by atoms with Gasteiger partial charge in [-0.2, -0.15) is 0 Å². The van der Waals surface area contributed by atoms with Crippen LogP contribution in [0.4, 0.5) is 0 Å². The third-order valence-corrected chi connectivity index (χ3v) is 4.33. The van der Waals surface area contributed by atoms with E-state index in [0.29, 0.717) is 26.1 Å². The predicted octanol–water partition coefficient (Wildman–Crippen LogP) is 1.24. The van der Waals surface area contributed by atoms with Crippen LogP contribution in [0.5, 0.6) is 0 Å². The van der Waals surface area contributed by atoms with E-state index < -0.39 is 0 Å². The van der Waals surface area contributed by atoms with Crippen molar-refractivity contribution in [3.63, 3.8) is 0 Å². The minimum atomic E-state index is 0.00805. The molecule has 1 aliphatic rings. The Kier molecular flexibility index (Phi) is 4.42. The van der Waals surface area contributed by atoms with Crippen molar-refractivity contribution < 1.29 is 9.53 Å². The number of ether oxygens (including phenoxy) is 1. The summed E-state index contributed by atoms with van der Waals surface area (Å²) in [6.45, 7) is 7.54. The molecule has 6 heteroatoms. The van der Waals surface area contributed by atoms with E-state index in [-0.39, 0.29) is 22.9 Å². The summed E-state index contributed by atoms with van der Waals surface area (Å²) in [4.78, 5) is 25.7. The first-order chi connectivity index (χ1) is 8.99. The maximum Gasteiger partial charge on any atom is 0.307 e. The highest BCUT2D eigenvalue weighted by Crippen LogP contribution is 2.13. The summed E-state index contributed by atoms with van der Waals surface area (Å²) in [5.41, 5.74) is 0.922. The quantitative estimate of drug-likeness (QED) is 0.839. The standard InChI is InChI=1S/C13H20N2O3S/c1-9-7-18-11(3)6-15(9)12(16)4-5-14-10(2)8-19-13(14)17/h8-9,11H,4-7H2,1-3H3. The maximum atomic E-state index is 12.2. The Morgan fingerprint density at radius 1 is 1.53 bits per heavy atom. The van der Waals surface area contributed by atoms with Gasteiger partial charge in [-0.25, -0.2) is 0 Å². The van der Waals surface area contributed by atoms with Crippen molar-refractivity contribution >= 4 is 17.2 Å². The van der Waals surface area contributed by atoms with Gasteiger partial charge in [0, 0.05) is 30.6 Å². The van der Waals surface area contributed by atoms with Gasteiger partial charge in [-0.05, 0) is 20.8 Å². The van der Waals surface area contributed by atoms with Crippen molar-refractivity contribution in [1.29, 1.82) is 0 Å². The smallest absolute Gasteiger partial charge is 0.307 e. The summed E-state index contributed by atoms with van der Waals surface area (Å²) >= 11 is 1.18. The molecule has 1 aliphatic heterocycles. The highest BCUT2D eigenvalue weighted by molar-refractivity contribution is 7.07. The molecule has 0 radical (unpaired) electrons. The van der Waals surface area contributed by atoms with Crippen LogP contribution >= 0.6 is 11.3 Å². The Morgan fingerprint density at radius 3 is 2.89 bits per heavy atom. The summed E-state index contributed by atoms with van der Waals surface area (Å²) < 4.78 is 7.18. The van der Waals surface area contributed by atoms with Crippen LogP contribution in [0.3, 0.4) is 0 Å². The predicted molar refractivity (Wildman–Crippen MR) is 74.5 cm³/mol. The summed E-state index contributed by atoms with van der Waals surface area (Å²) in [5, 5.41) is 1.83. The van der Waals surface area contributed by atoms with Crippen LogP contribution in [0.25, 0.3) is 0 Å². The zero-order valence-electron chi connectivity index (χ0n) is 11.6. The van der Waals surface area contributed by atoms with Crippen LogP contribution in [0, 0.1) is 6.92 Å². The van der Waals surface area contributed by atoms with E-state index in [1.165, 1.54) is 11.3 Å². The molecule has 2 rings (SSSR count). The fraction of sp³-hybridized carbons (Fsp3) is 0.692. The zero-order valence-corrected chi connectivity index (χ0v) is 12.4. The van der Waals surface area contributed by atoms with Gasteiger partial charge in [0.2, 0.25) is 5.91 Å². The molecule has 0 saturated carbocycles. The van der Waals surface area contributed by atoms with Gasteiger partial charge in [-0.15, -0.1) is 0 Å². The molecule has 1 fully saturated rings. The summed E-state index contributed by atoms with van der Waals surface area (Å²) in [5.74, 6) is 0.0974. The summed E-state index contributed by atoms with van der Waals surface area (Å²) in [6, 6.07) is 0.115. The number of carbonyl (C=O) groups is 1. The van der Waals surface area contributed by atoms with Gasteiger partial charge in [0.25, 0.3) is 0 Å². The average molecular weight is 284 g/mol. The first-order valence-electron chi connectivity index (χ1n) is 6.55. The molecule has 1 aromatic rings. The summed E-state index contributed by atoms with van der Waals surface area (Å²) in [6.07, 6.45) is 0.458. The van der Waals surface area contributed by atoms with Gasteiger partial charge in [0.05, 0.1) is 18.8 Å². The molecule has 1 amide bonds. The molecule has 2 unspecified atom stereocenters. The molecule has 0 N–H and O–H groups in total. The molecule has 5 nitrogen and oxygen atoms in total. The number of nitrogens with zero attached hydrogens (tertiary/aromatic N) is 2. The first-order valence-corrected chi connectivity index (χ1v) is 7.43. The number of thiazole rings is 1. The molecule has 0 bridgehead atoms. The van der Waals surface area contributed by atoms with Crippen molar-refractivity contribution in [1.82, 2.24) is 9.47 Å². The number of carbonyl (C=O) groups excluding carboxylic acids is 1. The van der Waals surface area contributed by atoms with Crippen molar-refractivity contribution in [2.24, 2.45) is 0 Å². The zero-order chi connectivity index (χ0) is 14.0. The largest absolute Gasteiger partial charge is 0.375 e. The molecule has 0 aromatic carbocycles. The topological polar surface area (TPSA) is 51.5 Å². The molecule has 2 atom stereocenters. The molecule has 2 heterocycles. The lowest BCUT2D eigenvalue weighted by atomic mass is 10.2. The number of amides is 1. The highest BCUT2D eigenvalue weighted by atomic mass is 32.1. The van der Waals surface area contributed by atoms with E-state index in [0.717, 1.165) is 5.69 Å². The molecular formula is C13H20N2O3S. The van der Waals surface area contributed by atoms with Crippen molar-refractivity contribution in [3.05, 3.63) is 20.7 Å². The van der Waals surface area contributed by atoms with Gasteiger partial charge in [-0.1, -0.05) is 11.3 Å². The normalized spacial score (nSPS) is 23.6. The maximum absolute atomic E-state index is 12.2. The van der Waals surface area contributed by atoms with Crippen LogP contribution in [0.1, 0.15) is 26.0 Å². The van der Waals surface area contributed by atoms with E-state index in [2.05, 4.69) is 0 Å². The molecule has 1 saturated heterocycles. The van der Waals surface area contributed by atoms with Crippen LogP contribution in [0.15, 0.2) is 10.2 Å². The Labute approximate surface area is 116 Å². The molecule has 0 spiro atoms. The fourth-order valence-corrected chi connectivity index (χ4v) is 3.04. The first kappa shape index (κ1) is 14.3. The van der Waals surface area contributed by atoms with Gasteiger partial charge in [-0.3, -0.25) is 9.59 Å². The van der Waals surface area contributed by atoms with E-state index in [9.17, 15) is 9.59 Å².